The molecule has 2 heterocycles. The van der Waals surface area contributed by atoms with Crippen LogP contribution in [0, 0.1) is 11.8 Å². The largest absolute Gasteiger partial charge is 0.298 e. The van der Waals surface area contributed by atoms with E-state index in [1.165, 1.54) is 64.7 Å². The molecule has 0 aromatic carbocycles. The zero-order chi connectivity index (χ0) is 12.5. The first-order valence-corrected chi connectivity index (χ1v) is 8.22. The third kappa shape index (κ3) is 2.60. The van der Waals surface area contributed by atoms with Gasteiger partial charge in [0.15, 0.2) is 0 Å². The van der Waals surface area contributed by atoms with E-state index in [0.717, 1.165) is 23.9 Å². The summed E-state index contributed by atoms with van der Waals surface area (Å²) in [5.41, 5.74) is 0. The fourth-order valence-electron chi connectivity index (χ4n) is 4.36. The summed E-state index contributed by atoms with van der Waals surface area (Å²) in [5.74, 6) is 1.89. The molecule has 1 saturated carbocycles. The van der Waals surface area contributed by atoms with Crippen LogP contribution in [0.3, 0.4) is 0 Å². The van der Waals surface area contributed by atoms with E-state index >= 15 is 0 Å². The molecule has 3 rings (SSSR count). The molecule has 104 valence electrons. The number of hydrogen-bond donors (Lipinski definition) is 0. The maximum atomic E-state index is 2.84. The Morgan fingerprint density at radius 2 is 1.56 bits per heavy atom. The van der Waals surface area contributed by atoms with Crippen LogP contribution in [0.2, 0.25) is 0 Å². The highest BCUT2D eigenvalue weighted by Gasteiger charge is 2.34. The molecule has 18 heavy (non-hydrogen) atoms. The van der Waals surface area contributed by atoms with Gasteiger partial charge in [-0.2, -0.15) is 0 Å². The normalized spacial score (nSPS) is 43.7. The summed E-state index contributed by atoms with van der Waals surface area (Å²) >= 11 is 0. The van der Waals surface area contributed by atoms with Gasteiger partial charge in [-0.15, -0.1) is 0 Å². The van der Waals surface area contributed by atoms with Crippen LogP contribution in [0.25, 0.3) is 0 Å². The minimum atomic E-state index is 0.891. The first kappa shape index (κ1) is 12.9. The highest BCUT2D eigenvalue weighted by Crippen LogP contribution is 2.33. The third-order valence-electron chi connectivity index (χ3n) is 5.96. The summed E-state index contributed by atoms with van der Waals surface area (Å²) in [6.07, 6.45) is 8.72. The number of piperidine rings is 1. The maximum Gasteiger partial charge on any atom is 0.0223 e. The molecule has 3 aliphatic rings. The Balaban J connectivity index is 1.57. The van der Waals surface area contributed by atoms with Crippen LogP contribution < -0.4 is 0 Å². The zero-order valence-corrected chi connectivity index (χ0v) is 12.3. The van der Waals surface area contributed by atoms with Gasteiger partial charge in [-0.25, -0.2) is 0 Å². The topological polar surface area (TPSA) is 6.48 Å². The van der Waals surface area contributed by atoms with Gasteiger partial charge in [0.1, 0.15) is 0 Å². The first-order chi connectivity index (χ1) is 8.74. The average Bonchev–Trinajstić information content (AvgIpc) is 2.41. The molecule has 0 amide bonds. The summed E-state index contributed by atoms with van der Waals surface area (Å²) in [5, 5.41) is 0. The summed E-state index contributed by atoms with van der Waals surface area (Å²) in [6, 6.07) is 1.79. The Hall–Kier alpha value is -0.0800. The van der Waals surface area contributed by atoms with Gasteiger partial charge in [-0.05, 0) is 50.5 Å². The van der Waals surface area contributed by atoms with E-state index < -0.39 is 0 Å². The fraction of sp³-hybridized carbons (Fsp3) is 1.00. The predicted molar refractivity (Wildman–Crippen MR) is 76.8 cm³/mol. The predicted octanol–water partition coefficient (Wildman–Crippen LogP) is 2.98. The van der Waals surface area contributed by atoms with E-state index in [-0.39, 0.29) is 0 Å². The Kier molecular flexibility index (Phi) is 3.95. The molecule has 0 aromatic rings. The Morgan fingerprint density at radius 1 is 0.722 bits per heavy atom. The van der Waals surface area contributed by atoms with Gasteiger partial charge in [-0.1, -0.05) is 20.3 Å². The van der Waals surface area contributed by atoms with Crippen molar-refractivity contribution in [2.75, 3.05) is 26.2 Å². The smallest absolute Gasteiger partial charge is 0.0223 e. The molecule has 2 aliphatic heterocycles. The van der Waals surface area contributed by atoms with Crippen LogP contribution in [0.5, 0.6) is 0 Å². The maximum absolute atomic E-state index is 2.84. The molecule has 0 aromatic heterocycles. The van der Waals surface area contributed by atoms with Crippen molar-refractivity contribution in [3.8, 4) is 0 Å². The number of piperazine rings is 1. The first-order valence-electron chi connectivity index (χ1n) is 8.22. The van der Waals surface area contributed by atoms with E-state index in [1.807, 2.05) is 0 Å². The Bertz CT molecular complexity index is 278. The average molecular weight is 250 g/mol. The van der Waals surface area contributed by atoms with Crippen molar-refractivity contribution >= 4 is 0 Å². The number of fused-ring (bicyclic) bond motifs is 1. The highest BCUT2D eigenvalue weighted by atomic mass is 15.3. The van der Waals surface area contributed by atoms with E-state index in [1.54, 1.807) is 0 Å². The van der Waals surface area contributed by atoms with Gasteiger partial charge >= 0.3 is 0 Å². The standard InChI is InChI=1S/C16H30N2/c1-13-6-7-15(11-14(13)2)18-10-9-17-8-4-3-5-16(17)12-18/h13-16H,3-12H2,1-2H3. The van der Waals surface area contributed by atoms with Crippen molar-refractivity contribution in [1.29, 1.82) is 0 Å². The molecule has 1 aliphatic carbocycles. The van der Waals surface area contributed by atoms with Gasteiger partial charge in [0, 0.05) is 31.7 Å². The van der Waals surface area contributed by atoms with Crippen LogP contribution in [0.15, 0.2) is 0 Å². The van der Waals surface area contributed by atoms with E-state index in [9.17, 15) is 0 Å². The van der Waals surface area contributed by atoms with Crippen molar-refractivity contribution in [3.63, 3.8) is 0 Å². The lowest BCUT2D eigenvalue weighted by Gasteiger charge is -2.48. The van der Waals surface area contributed by atoms with Gasteiger partial charge in [-0.3, -0.25) is 9.80 Å². The van der Waals surface area contributed by atoms with E-state index in [2.05, 4.69) is 23.6 Å². The molecule has 0 spiro atoms. The van der Waals surface area contributed by atoms with Crippen molar-refractivity contribution < 1.29 is 0 Å². The number of nitrogens with zero attached hydrogens (tertiary/aromatic N) is 2. The lowest BCUT2D eigenvalue weighted by atomic mass is 9.78. The summed E-state index contributed by atoms with van der Waals surface area (Å²) in [6.45, 7) is 10.3. The SMILES string of the molecule is CC1CCC(N2CCN3CCCCC3C2)CC1C. The number of hydrogen-bond acceptors (Lipinski definition) is 2. The fourth-order valence-corrected chi connectivity index (χ4v) is 4.36. The lowest BCUT2D eigenvalue weighted by Crippen LogP contribution is -2.57. The molecule has 2 saturated heterocycles. The molecule has 4 unspecified atom stereocenters. The molecule has 0 radical (unpaired) electrons. The molecule has 4 atom stereocenters. The minimum absolute atomic E-state index is 0.891. The second kappa shape index (κ2) is 5.50. The molecule has 2 heteroatoms. The second-order valence-corrected chi connectivity index (χ2v) is 7.10. The zero-order valence-electron chi connectivity index (χ0n) is 12.3. The van der Waals surface area contributed by atoms with Crippen molar-refractivity contribution in [3.05, 3.63) is 0 Å². The molecule has 0 N–H and O–H groups in total. The van der Waals surface area contributed by atoms with Gasteiger partial charge < -0.3 is 0 Å². The molecular weight excluding hydrogens is 220 g/mol. The molecule has 2 nitrogen and oxygen atoms in total. The molecule has 3 fully saturated rings. The quantitative estimate of drug-likeness (QED) is 0.706. The van der Waals surface area contributed by atoms with Gasteiger partial charge in [0.2, 0.25) is 0 Å². The van der Waals surface area contributed by atoms with Crippen LogP contribution in [-0.2, 0) is 0 Å². The molecular formula is C16H30N2. The summed E-state index contributed by atoms with van der Waals surface area (Å²) in [4.78, 5) is 5.60. The second-order valence-electron chi connectivity index (χ2n) is 7.10. The highest BCUT2D eigenvalue weighted by molar-refractivity contribution is 4.90. The van der Waals surface area contributed by atoms with Crippen molar-refractivity contribution in [2.24, 2.45) is 11.8 Å². The van der Waals surface area contributed by atoms with Crippen LogP contribution in [0.1, 0.15) is 52.4 Å². The Morgan fingerprint density at radius 3 is 2.39 bits per heavy atom. The van der Waals surface area contributed by atoms with Crippen LogP contribution in [0.4, 0.5) is 0 Å². The van der Waals surface area contributed by atoms with Crippen LogP contribution >= 0.6 is 0 Å². The number of rotatable bonds is 1. The lowest BCUT2D eigenvalue weighted by molar-refractivity contribution is 0.00765. The summed E-state index contributed by atoms with van der Waals surface area (Å²) < 4.78 is 0. The molecule has 0 bridgehead atoms. The van der Waals surface area contributed by atoms with Crippen molar-refractivity contribution in [1.82, 2.24) is 9.80 Å². The minimum Gasteiger partial charge on any atom is -0.298 e. The van der Waals surface area contributed by atoms with E-state index in [0.29, 0.717) is 0 Å². The van der Waals surface area contributed by atoms with Gasteiger partial charge in [0.25, 0.3) is 0 Å². The van der Waals surface area contributed by atoms with Crippen molar-refractivity contribution in [2.45, 2.75) is 64.5 Å². The third-order valence-corrected chi connectivity index (χ3v) is 5.96. The summed E-state index contributed by atoms with van der Waals surface area (Å²) in [7, 11) is 0. The Labute approximate surface area is 113 Å². The van der Waals surface area contributed by atoms with Gasteiger partial charge in [0.05, 0.1) is 0 Å². The van der Waals surface area contributed by atoms with Crippen LogP contribution in [-0.4, -0.2) is 48.1 Å². The van der Waals surface area contributed by atoms with E-state index in [4.69, 9.17) is 0 Å². The monoisotopic (exact) mass is 250 g/mol.